The first-order valence-electron chi connectivity index (χ1n) is 9.42. The number of H-pyrrole nitrogens is 1. The molecule has 1 aromatic carbocycles. The maximum absolute atomic E-state index is 13.6. The number of hydrogen-bond acceptors (Lipinski definition) is 7. The van der Waals surface area contributed by atoms with Crippen LogP contribution >= 0.6 is 8.17 Å². The molecule has 2 saturated heterocycles. The van der Waals surface area contributed by atoms with Gasteiger partial charge in [-0.15, -0.1) is 0 Å². The van der Waals surface area contributed by atoms with Gasteiger partial charge in [-0.2, -0.15) is 0 Å². The second-order valence-corrected chi connectivity index (χ2v) is 8.90. The Hall–Kier alpha value is -2.01. The van der Waals surface area contributed by atoms with Gasteiger partial charge in [0.1, 0.15) is 0 Å². The first-order valence-corrected chi connectivity index (χ1v) is 11.1. The quantitative estimate of drug-likeness (QED) is 0.512. The standard InChI is InChI=1S/C18H21F2N2O7P/c19-12-6-2-1-4-11(12)5-3-7-26-30(25)27-10-15-14(29-30)8-16(28-15)22-9-13(20)17(23)21-18(22)24/h1-2,4,6,9,14-16,25,30H,3,5,7-8,10H2,(H,21,23,24)/t14-,15+,16+/m0/s1. The SMILES string of the molecule is O=c1[nH]c(=O)n([C@H]2C[C@@H]3O[PH](O)(OCCCc4ccccc4F)OC[C@H]3O2)cc1F. The fourth-order valence-electron chi connectivity index (χ4n) is 3.47. The predicted molar refractivity (Wildman–Crippen MR) is 102 cm³/mol. The van der Waals surface area contributed by atoms with Crippen molar-refractivity contribution in [3.8, 4) is 0 Å². The van der Waals surface area contributed by atoms with E-state index in [1.54, 1.807) is 18.2 Å². The second-order valence-electron chi connectivity index (χ2n) is 7.04. The summed E-state index contributed by atoms with van der Waals surface area (Å²) in [6, 6.07) is 6.40. The van der Waals surface area contributed by atoms with Gasteiger partial charge in [-0.3, -0.25) is 0 Å². The van der Waals surface area contributed by atoms with Crippen LogP contribution < -0.4 is 11.2 Å². The van der Waals surface area contributed by atoms with Gasteiger partial charge < -0.3 is 0 Å². The third-order valence-corrected chi connectivity index (χ3v) is 6.68. The number of nitrogens with one attached hydrogen (secondary N) is 1. The number of fused-ring (bicyclic) bond motifs is 1. The summed E-state index contributed by atoms with van der Waals surface area (Å²) in [6.07, 6.45) is -0.335. The van der Waals surface area contributed by atoms with Crippen LogP contribution in [0.2, 0.25) is 0 Å². The Bertz CT molecular complexity index is 1030. The van der Waals surface area contributed by atoms with Gasteiger partial charge in [0, 0.05) is 0 Å². The molecule has 4 rings (SSSR count). The van der Waals surface area contributed by atoms with Crippen LogP contribution in [0.25, 0.3) is 0 Å². The van der Waals surface area contributed by atoms with Crippen LogP contribution in [0.3, 0.4) is 0 Å². The van der Waals surface area contributed by atoms with E-state index in [0.717, 1.165) is 10.8 Å². The van der Waals surface area contributed by atoms with E-state index in [-0.39, 0.29) is 25.5 Å². The average molecular weight is 446 g/mol. The van der Waals surface area contributed by atoms with Crippen molar-refractivity contribution in [3.05, 3.63) is 68.5 Å². The minimum absolute atomic E-state index is 0.0300. The number of ether oxygens (including phenoxy) is 1. The number of benzene rings is 1. The van der Waals surface area contributed by atoms with E-state index in [1.807, 2.05) is 4.98 Å². The topological polar surface area (TPSA) is 112 Å². The molecule has 2 aromatic rings. The van der Waals surface area contributed by atoms with Crippen molar-refractivity contribution >= 4 is 8.17 Å². The van der Waals surface area contributed by atoms with Crippen LogP contribution in [-0.2, 0) is 24.7 Å². The summed E-state index contributed by atoms with van der Waals surface area (Å²) >= 11 is 0. The van der Waals surface area contributed by atoms with Gasteiger partial charge in [0.05, 0.1) is 0 Å². The summed E-state index contributed by atoms with van der Waals surface area (Å²) in [7, 11) is -3.93. The number of nitrogens with zero attached hydrogens (tertiary/aromatic N) is 1. The van der Waals surface area contributed by atoms with E-state index in [0.29, 0.717) is 18.4 Å². The predicted octanol–water partition coefficient (Wildman–Crippen LogP) is 1.57. The van der Waals surface area contributed by atoms with Crippen molar-refractivity contribution in [2.24, 2.45) is 0 Å². The molecule has 0 spiro atoms. The summed E-state index contributed by atoms with van der Waals surface area (Å²) in [5.74, 6) is -1.42. The zero-order valence-electron chi connectivity index (χ0n) is 15.8. The Labute approximate surface area is 169 Å². The molecule has 0 saturated carbocycles. The fraction of sp³-hybridized carbons (Fsp3) is 0.444. The summed E-state index contributed by atoms with van der Waals surface area (Å²) in [5.41, 5.74) is -1.38. The van der Waals surface area contributed by atoms with E-state index >= 15 is 0 Å². The molecular formula is C18H21F2N2O7P. The van der Waals surface area contributed by atoms with Gasteiger partial charge in [-0.1, -0.05) is 0 Å². The van der Waals surface area contributed by atoms with Gasteiger partial charge in [0.2, 0.25) is 0 Å². The van der Waals surface area contributed by atoms with Gasteiger partial charge >= 0.3 is 169 Å². The van der Waals surface area contributed by atoms with Crippen molar-refractivity contribution in [1.82, 2.24) is 9.55 Å². The Morgan fingerprint density at radius 3 is 2.83 bits per heavy atom. The van der Waals surface area contributed by atoms with Gasteiger partial charge in [0.15, 0.2) is 0 Å². The maximum atomic E-state index is 13.6. The summed E-state index contributed by atoms with van der Waals surface area (Å²) < 4.78 is 50.1. The average Bonchev–Trinajstić information content (AvgIpc) is 3.12. The molecule has 0 unspecified atom stereocenters. The van der Waals surface area contributed by atoms with E-state index in [4.69, 9.17) is 18.3 Å². The van der Waals surface area contributed by atoms with Crippen LogP contribution in [0.1, 0.15) is 24.6 Å². The first-order chi connectivity index (χ1) is 14.3. The van der Waals surface area contributed by atoms with Crippen molar-refractivity contribution in [2.45, 2.75) is 37.7 Å². The van der Waals surface area contributed by atoms with Crippen LogP contribution in [0.5, 0.6) is 0 Å². The molecule has 2 N–H and O–H groups in total. The number of aromatic amines is 1. The van der Waals surface area contributed by atoms with Crippen LogP contribution in [0.4, 0.5) is 8.78 Å². The van der Waals surface area contributed by atoms with Crippen molar-refractivity contribution in [3.63, 3.8) is 0 Å². The number of aryl methyl sites for hydroxylation is 1. The molecule has 3 atom stereocenters. The van der Waals surface area contributed by atoms with E-state index in [1.165, 1.54) is 6.07 Å². The zero-order chi connectivity index (χ0) is 21.3. The molecule has 30 heavy (non-hydrogen) atoms. The van der Waals surface area contributed by atoms with Crippen molar-refractivity contribution in [1.29, 1.82) is 0 Å². The molecule has 0 radical (unpaired) electrons. The molecule has 164 valence electrons. The van der Waals surface area contributed by atoms with Crippen LogP contribution in [0.15, 0.2) is 40.1 Å². The Morgan fingerprint density at radius 2 is 2.03 bits per heavy atom. The summed E-state index contributed by atoms with van der Waals surface area (Å²) in [4.78, 5) is 35.5. The van der Waals surface area contributed by atoms with Gasteiger partial charge in [-0.05, 0) is 0 Å². The zero-order valence-corrected chi connectivity index (χ0v) is 16.8. The normalized spacial score (nSPS) is 26.3. The second kappa shape index (κ2) is 8.62. The third kappa shape index (κ3) is 4.51. The van der Waals surface area contributed by atoms with E-state index in [9.17, 15) is 23.3 Å². The molecule has 2 aliphatic heterocycles. The molecule has 2 fully saturated rings. The Kier molecular flexibility index (Phi) is 6.10. The van der Waals surface area contributed by atoms with E-state index in [2.05, 4.69) is 0 Å². The minimum atomic E-state index is -3.93. The molecular weight excluding hydrogens is 425 g/mol. The number of rotatable bonds is 6. The summed E-state index contributed by atoms with van der Waals surface area (Å²) in [6.45, 7) is 0.0705. The molecule has 3 heterocycles. The summed E-state index contributed by atoms with van der Waals surface area (Å²) in [5, 5.41) is 0. The Morgan fingerprint density at radius 1 is 1.23 bits per heavy atom. The number of aromatic nitrogens is 2. The molecule has 0 bridgehead atoms. The molecule has 0 aliphatic carbocycles. The van der Waals surface area contributed by atoms with Crippen molar-refractivity contribution < 1.29 is 32.0 Å². The monoisotopic (exact) mass is 446 g/mol. The molecule has 9 nitrogen and oxygen atoms in total. The third-order valence-electron chi connectivity index (χ3n) is 4.98. The Balaban J connectivity index is 1.33. The van der Waals surface area contributed by atoms with Crippen molar-refractivity contribution in [2.75, 3.05) is 13.2 Å². The van der Waals surface area contributed by atoms with Crippen LogP contribution in [0, 0.1) is 11.6 Å². The van der Waals surface area contributed by atoms with Gasteiger partial charge in [0.25, 0.3) is 0 Å². The number of hydrogen-bond donors (Lipinski definition) is 2. The van der Waals surface area contributed by atoms with Crippen LogP contribution in [-0.4, -0.2) is 39.9 Å². The fourth-order valence-corrected chi connectivity index (χ4v) is 5.10. The van der Waals surface area contributed by atoms with Gasteiger partial charge in [-0.25, -0.2) is 0 Å². The molecule has 12 heteroatoms. The van der Waals surface area contributed by atoms with E-state index < -0.39 is 43.7 Å². The molecule has 2 aliphatic rings. The first kappa shape index (κ1) is 21.2. The number of halogens is 2. The molecule has 0 amide bonds. The molecule has 1 aromatic heterocycles.